The number of anilines is 1. The summed E-state index contributed by atoms with van der Waals surface area (Å²) in [4.78, 5) is 13.2. The second-order valence-electron chi connectivity index (χ2n) is 8.48. The highest BCUT2D eigenvalue weighted by Crippen LogP contribution is 2.37. The Morgan fingerprint density at radius 2 is 1.87 bits per heavy atom. The molecule has 0 unspecified atom stereocenters. The average molecular weight is 425 g/mol. The number of methoxy groups -OCH3 is 1. The second kappa shape index (κ2) is 11.9. The Morgan fingerprint density at radius 3 is 2.55 bits per heavy atom. The van der Waals surface area contributed by atoms with Crippen LogP contribution in [0.4, 0.5) is 5.69 Å². The van der Waals surface area contributed by atoms with Crippen LogP contribution in [0.2, 0.25) is 0 Å². The van der Waals surface area contributed by atoms with Gasteiger partial charge in [0.1, 0.15) is 12.0 Å². The number of aldehydes is 1. The molecule has 2 aromatic carbocycles. The Labute approximate surface area is 186 Å². The first kappa shape index (κ1) is 23.3. The summed E-state index contributed by atoms with van der Waals surface area (Å²) in [5.74, 6) is 0.782. The topological polar surface area (TPSA) is 50.8 Å². The van der Waals surface area contributed by atoms with Crippen molar-refractivity contribution in [2.45, 2.75) is 39.2 Å². The largest absolute Gasteiger partial charge is 0.495 e. The molecule has 1 aliphatic heterocycles. The third kappa shape index (κ3) is 6.81. The van der Waals surface area contributed by atoms with Gasteiger partial charge < -0.3 is 19.6 Å². The third-order valence-electron chi connectivity index (χ3n) is 6.36. The van der Waals surface area contributed by atoms with Gasteiger partial charge in [-0.1, -0.05) is 36.4 Å². The zero-order chi connectivity index (χ0) is 21.9. The van der Waals surface area contributed by atoms with E-state index in [1.165, 1.54) is 17.5 Å². The number of carbonyl (C=O) groups is 1. The van der Waals surface area contributed by atoms with Gasteiger partial charge in [-0.05, 0) is 74.4 Å². The number of likely N-dealkylation sites (tertiary alicyclic amines) is 1. The Morgan fingerprint density at radius 1 is 1.10 bits per heavy atom. The van der Waals surface area contributed by atoms with Crippen LogP contribution in [0.1, 0.15) is 37.3 Å². The number of hydrogen-bond acceptors (Lipinski definition) is 5. The summed E-state index contributed by atoms with van der Waals surface area (Å²) in [6.45, 7) is 7.07. The number of hydrogen-bond donors (Lipinski definition) is 1. The Bertz CT molecular complexity index is 802. The molecule has 5 nitrogen and oxygen atoms in total. The maximum atomic E-state index is 10.6. The summed E-state index contributed by atoms with van der Waals surface area (Å²) < 4.78 is 11.4. The Hall–Kier alpha value is -2.37. The van der Waals surface area contributed by atoms with Gasteiger partial charge in [-0.2, -0.15) is 0 Å². The Balaban J connectivity index is 1.58. The maximum absolute atomic E-state index is 10.6. The number of benzene rings is 2. The molecule has 1 N–H and O–H groups in total. The van der Waals surface area contributed by atoms with Gasteiger partial charge in [0, 0.05) is 13.2 Å². The van der Waals surface area contributed by atoms with Gasteiger partial charge in [0.2, 0.25) is 0 Å². The van der Waals surface area contributed by atoms with Crippen LogP contribution in [0.3, 0.4) is 0 Å². The normalized spacial score (nSPS) is 16.1. The van der Waals surface area contributed by atoms with Gasteiger partial charge in [0.05, 0.1) is 25.9 Å². The summed E-state index contributed by atoms with van der Waals surface area (Å²) in [7, 11) is 1.67. The number of piperidine rings is 1. The number of nitrogens with one attached hydrogen (secondary N) is 1. The van der Waals surface area contributed by atoms with E-state index in [9.17, 15) is 4.79 Å². The fraction of sp³-hybridized carbons (Fsp3) is 0.500. The van der Waals surface area contributed by atoms with Crippen molar-refractivity contribution in [3.63, 3.8) is 0 Å². The van der Waals surface area contributed by atoms with Gasteiger partial charge >= 0.3 is 0 Å². The molecule has 1 saturated heterocycles. The first-order valence-electron chi connectivity index (χ1n) is 11.4. The van der Waals surface area contributed by atoms with Crippen LogP contribution in [0.15, 0.2) is 48.5 Å². The molecule has 168 valence electrons. The first-order chi connectivity index (χ1) is 15.2. The van der Waals surface area contributed by atoms with Crippen molar-refractivity contribution in [3.8, 4) is 5.75 Å². The molecule has 0 amide bonds. The van der Waals surface area contributed by atoms with Crippen molar-refractivity contribution in [3.05, 3.63) is 59.7 Å². The Kier molecular flexibility index (Phi) is 8.92. The van der Waals surface area contributed by atoms with Crippen LogP contribution < -0.4 is 10.1 Å². The number of aryl methyl sites for hydroxylation is 1. The van der Waals surface area contributed by atoms with E-state index in [4.69, 9.17) is 9.47 Å². The van der Waals surface area contributed by atoms with Crippen LogP contribution in [0, 0.1) is 5.41 Å². The fourth-order valence-electron chi connectivity index (χ4n) is 4.41. The first-order valence-corrected chi connectivity index (χ1v) is 11.4. The van der Waals surface area contributed by atoms with Crippen LogP contribution in [-0.4, -0.2) is 51.1 Å². The maximum Gasteiger partial charge on any atom is 0.142 e. The van der Waals surface area contributed by atoms with Crippen molar-refractivity contribution in [2.75, 3.05) is 45.3 Å². The van der Waals surface area contributed by atoms with Crippen LogP contribution >= 0.6 is 0 Å². The van der Waals surface area contributed by atoms with Gasteiger partial charge in [-0.25, -0.2) is 0 Å². The molecule has 31 heavy (non-hydrogen) atoms. The van der Waals surface area contributed by atoms with Crippen molar-refractivity contribution in [2.24, 2.45) is 5.41 Å². The standard InChI is InChI=1S/C26H36N2O3/c1-3-31-21-26(12-11-22-7-5-4-6-8-22)13-16-28(17-14-26)20-23-9-10-24(27-15-18-29)25(19-23)30-2/h4-10,18-19,27H,3,11-17,20-21H2,1-2H3. The molecule has 0 saturated carbocycles. The summed E-state index contributed by atoms with van der Waals surface area (Å²) in [5, 5.41) is 3.08. The highest BCUT2D eigenvalue weighted by molar-refractivity contribution is 5.64. The van der Waals surface area contributed by atoms with Crippen molar-refractivity contribution in [1.82, 2.24) is 4.90 Å². The minimum atomic E-state index is 0.267. The molecule has 2 aromatic rings. The molecule has 0 spiro atoms. The predicted octanol–water partition coefficient (Wildman–Crippen LogP) is 4.56. The van der Waals surface area contributed by atoms with Crippen LogP contribution in [0.25, 0.3) is 0 Å². The zero-order valence-corrected chi connectivity index (χ0v) is 18.9. The molecule has 0 radical (unpaired) electrons. The molecule has 0 bridgehead atoms. The lowest BCUT2D eigenvalue weighted by Gasteiger charge is -2.42. The number of carbonyl (C=O) groups excluding carboxylic acids is 1. The lowest BCUT2D eigenvalue weighted by Crippen LogP contribution is -2.42. The van der Waals surface area contributed by atoms with E-state index in [0.717, 1.165) is 69.8 Å². The van der Waals surface area contributed by atoms with E-state index in [0.29, 0.717) is 0 Å². The quantitative estimate of drug-likeness (QED) is 0.506. The van der Waals surface area contributed by atoms with E-state index < -0.39 is 0 Å². The SMILES string of the molecule is CCOCC1(CCc2ccccc2)CCN(Cc2ccc(NCC=O)c(OC)c2)CC1. The zero-order valence-electron chi connectivity index (χ0n) is 18.9. The minimum absolute atomic E-state index is 0.267. The molecule has 1 fully saturated rings. The highest BCUT2D eigenvalue weighted by atomic mass is 16.5. The van der Waals surface area contributed by atoms with Gasteiger partial charge in [-0.3, -0.25) is 4.90 Å². The van der Waals surface area contributed by atoms with Gasteiger partial charge in [-0.15, -0.1) is 0 Å². The third-order valence-corrected chi connectivity index (χ3v) is 6.36. The highest BCUT2D eigenvalue weighted by Gasteiger charge is 2.34. The fourth-order valence-corrected chi connectivity index (χ4v) is 4.41. The molecule has 0 atom stereocenters. The average Bonchev–Trinajstić information content (AvgIpc) is 2.82. The van der Waals surface area contributed by atoms with E-state index in [-0.39, 0.29) is 12.0 Å². The molecular weight excluding hydrogens is 388 g/mol. The number of ether oxygens (including phenoxy) is 2. The lowest BCUT2D eigenvalue weighted by molar-refractivity contribution is -0.106. The molecule has 5 heteroatoms. The summed E-state index contributed by atoms with van der Waals surface area (Å²) in [5.41, 5.74) is 3.77. The van der Waals surface area contributed by atoms with E-state index >= 15 is 0 Å². The molecular formula is C26H36N2O3. The summed E-state index contributed by atoms with van der Waals surface area (Å²) in [6.07, 6.45) is 5.47. The van der Waals surface area contributed by atoms with E-state index in [1.807, 2.05) is 6.07 Å². The molecule has 1 heterocycles. The summed E-state index contributed by atoms with van der Waals surface area (Å²) >= 11 is 0. The lowest BCUT2D eigenvalue weighted by atomic mass is 9.74. The van der Waals surface area contributed by atoms with Crippen molar-refractivity contribution < 1.29 is 14.3 Å². The van der Waals surface area contributed by atoms with Crippen molar-refractivity contribution in [1.29, 1.82) is 0 Å². The second-order valence-corrected chi connectivity index (χ2v) is 8.48. The van der Waals surface area contributed by atoms with E-state index in [1.54, 1.807) is 7.11 Å². The molecule has 0 aliphatic carbocycles. The number of rotatable bonds is 12. The molecule has 1 aliphatic rings. The monoisotopic (exact) mass is 424 g/mol. The van der Waals surface area contributed by atoms with Crippen LogP contribution in [0.5, 0.6) is 5.75 Å². The minimum Gasteiger partial charge on any atom is -0.495 e. The molecule has 3 rings (SSSR count). The van der Waals surface area contributed by atoms with Crippen molar-refractivity contribution >= 4 is 12.0 Å². The molecule has 0 aromatic heterocycles. The van der Waals surface area contributed by atoms with Gasteiger partial charge in [0.15, 0.2) is 0 Å². The van der Waals surface area contributed by atoms with E-state index in [2.05, 4.69) is 59.6 Å². The predicted molar refractivity (Wildman–Crippen MR) is 126 cm³/mol. The summed E-state index contributed by atoms with van der Waals surface area (Å²) in [6, 6.07) is 17.0. The smallest absolute Gasteiger partial charge is 0.142 e. The van der Waals surface area contributed by atoms with Gasteiger partial charge in [0.25, 0.3) is 0 Å². The number of nitrogens with zero attached hydrogens (tertiary/aromatic N) is 1. The van der Waals surface area contributed by atoms with Crippen LogP contribution in [-0.2, 0) is 22.5 Å².